The largest absolute Gasteiger partial charge is 0.493 e. The van der Waals surface area contributed by atoms with Crippen molar-refractivity contribution in [2.45, 2.75) is 13.2 Å². The van der Waals surface area contributed by atoms with E-state index in [9.17, 15) is 0 Å². The molecule has 0 atom stereocenters. The highest BCUT2D eigenvalue weighted by molar-refractivity contribution is 9.10. The monoisotopic (exact) mass is 420 g/mol. The number of hydrogen-bond donors (Lipinski definition) is 2. The predicted octanol–water partition coefficient (Wildman–Crippen LogP) is 4.03. The lowest BCUT2D eigenvalue weighted by Crippen LogP contribution is -2.13. The molecule has 0 aliphatic carbocycles. The van der Waals surface area contributed by atoms with Gasteiger partial charge in [0, 0.05) is 0 Å². The molecule has 6 nitrogen and oxygen atoms in total. The number of H-pyrrole nitrogens is 1. The average molecular weight is 421 g/mol. The summed E-state index contributed by atoms with van der Waals surface area (Å²) < 4.78 is 14.4. The van der Waals surface area contributed by atoms with Crippen LogP contribution in [0, 0.1) is 4.77 Å². The second kappa shape index (κ2) is 8.17. The molecule has 3 rings (SSSR count). The number of aromatic amines is 1. The minimum absolute atomic E-state index is 0.470. The van der Waals surface area contributed by atoms with Gasteiger partial charge in [-0.15, -0.1) is 0 Å². The molecule has 0 unspecified atom stereocenters. The van der Waals surface area contributed by atoms with Gasteiger partial charge in [0.2, 0.25) is 4.77 Å². The summed E-state index contributed by atoms with van der Waals surface area (Å²) in [5, 5.41) is 6.56. The van der Waals surface area contributed by atoms with Crippen LogP contribution in [0.15, 0.2) is 53.3 Å². The lowest BCUT2D eigenvalue weighted by molar-refractivity contribution is 0.282. The van der Waals surface area contributed by atoms with Crippen LogP contribution in [0.4, 0.5) is 0 Å². The van der Waals surface area contributed by atoms with Crippen molar-refractivity contribution in [1.82, 2.24) is 14.9 Å². The minimum atomic E-state index is 0.470. The molecule has 0 amide bonds. The van der Waals surface area contributed by atoms with Crippen LogP contribution >= 0.6 is 28.1 Å². The van der Waals surface area contributed by atoms with Crippen LogP contribution in [-0.4, -0.2) is 22.0 Å². The molecule has 3 aromatic rings. The number of methoxy groups -OCH3 is 1. The van der Waals surface area contributed by atoms with E-state index in [2.05, 4.69) is 31.6 Å². The molecule has 0 aliphatic rings. The molecule has 0 saturated carbocycles. The van der Waals surface area contributed by atoms with Crippen LogP contribution in [-0.2, 0) is 13.2 Å². The normalized spacial score (nSPS) is 10.5. The molecule has 1 aromatic heterocycles. The minimum Gasteiger partial charge on any atom is -0.493 e. The van der Waals surface area contributed by atoms with E-state index in [1.165, 1.54) is 0 Å². The van der Waals surface area contributed by atoms with E-state index in [0.717, 1.165) is 15.6 Å². The molecule has 0 aliphatic heterocycles. The Kier molecular flexibility index (Phi) is 5.72. The number of halogens is 1. The summed E-state index contributed by atoms with van der Waals surface area (Å²) in [4.78, 5) is 0. The molecular formula is C17H17BrN4O2S. The highest BCUT2D eigenvalue weighted by Gasteiger charge is 2.12. The first kappa shape index (κ1) is 17.5. The molecular weight excluding hydrogens is 404 g/mol. The molecule has 0 spiro atoms. The first-order valence-electron chi connectivity index (χ1n) is 7.56. The number of benzene rings is 2. The third-order valence-electron chi connectivity index (χ3n) is 3.52. The fraction of sp³-hybridized carbons (Fsp3) is 0.176. The molecule has 1 heterocycles. The first-order valence-corrected chi connectivity index (χ1v) is 8.76. The van der Waals surface area contributed by atoms with Gasteiger partial charge in [0.1, 0.15) is 12.9 Å². The molecule has 25 heavy (non-hydrogen) atoms. The summed E-state index contributed by atoms with van der Waals surface area (Å²) in [7, 11) is 1.63. The smallest absolute Gasteiger partial charge is 0.214 e. The van der Waals surface area contributed by atoms with Crippen molar-refractivity contribution >= 4 is 28.1 Å². The molecule has 0 radical (unpaired) electrons. The van der Waals surface area contributed by atoms with Crippen LogP contribution in [0.2, 0.25) is 0 Å². The van der Waals surface area contributed by atoms with Gasteiger partial charge in [-0.2, -0.15) is 5.10 Å². The number of ether oxygens (including phenoxy) is 2. The summed E-state index contributed by atoms with van der Waals surface area (Å²) in [5.41, 5.74) is 5.27. The van der Waals surface area contributed by atoms with Gasteiger partial charge in [0.15, 0.2) is 11.5 Å². The number of nitrogens with one attached hydrogen (secondary N) is 2. The SMILES string of the molecule is COc1cc(CNn2cn[nH]c2=S)cc(Br)c1OCc1ccccc1. The first-order chi connectivity index (χ1) is 12.2. The van der Waals surface area contributed by atoms with Crippen molar-refractivity contribution < 1.29 is 9.47 Å². The molecule has 0 bridgehead atoms. The van der Waals surface area contributed by atoms with Crippen LogP contribution < -0.4 is 14.9 Å². The standard InChI is InChI=1S/C17H17BrN4O2S/c1-23-15-8-13(9-20-22-11-19-21-17(22)25)7-14(18)16(15)24-10-12-5-3-2-4-6-12/h2-8,11,20H,9-10H2,1H3,(H,21,25). The zero-order valence-corrected chi connectivity index (χ0v) is 15.9. The van der Waals surface area contributed by atoms with E-state index < -0.39 is 0 Å². The summed E-state index contributed by atoms with van der Waals surface area (Å²) in [6.45, 7) is 1.03. The van der Waals surface area contributed by atoms with Crippen LogP contribution in [0.5, 0.6) is 11.5 Å². The maximum Gasteiger partial charge on any atom is 0.214 e. The van der Waals surface area contributed by atoms with Crippen LogP contribution in [0.1, 0.15) is 11.1 Å². The van der Waals surface area contributed by atoms with Gasteiger partial charge >= 0.3 is 0 Å². The Morgan fingerprint density at radius 2 is 2.04 bits per heavy atom. The Hall–Kier alpha value is -2.32. The summed E-state index contributed by atoms with van der Waals surface area (Å²) >= 11 is 8.67. The van der Waals surface area contributed by atoms with Crippen LogP contribution in [0.3, 0.4) is 0 Å². The van der Waals surface area contributed by atoms with Gasteiger partial charge in [0.05, 0.1) is 18.1 Å². The molecule has 0 fully saturated rings. The van der Waals surface area contributed by atoms with E-state index in [0.29, 0.717) is 29.4 Å². The molecule has 2 N–H and O–H groups in total. The maximum atomic E-state index is 5.94. The fourth-order valence-corrected chi connectivity index (χ4v) is 3.05. The lowest BCUT2D eigenvalue weighted by Gasteiger charge is -2.15. The number of rotatable bonds is 7. The quantitative estimate of drug-likeness (QED) is 0.564. The highest BCUT2D eigenvalue weighted by Crippen LogP contribution is 2.37. The van der Waals surface area contributed by atoms with E-state index in [-0.39, 0.29) is 0 Å². The molecule has 0 saturated heterocycles. The van der Waals surface area contributed by atoms with Crippen molar-refractivity contribution in [1.29, 1.82) is 0 Å². The average Bonchev–Trinajstić information content (AvgIpc) is 3.04. The van der Waals surface area contributed by atoms with Crippen molar-refractivity contribution in [3.05, 3.63) is 69.2 Å². The van der Waals surface area contributed by atoms with Crippen molar-refractivity contribution in [3.8, 4) is 11.5 Å². The lowest BCUT2D eigenvalue weighted by atomic mass is 10.2. The van der Waals surface area contributed by atoms with E-state index in [1.54, 1.807) is 18.1 Å². The third-order valence-corrected chi connectivity index (χ3v) is 4.40. The van der Waals surface area contributed by atoms with Gasteiger partial charge < -0.3 is 14.9 Å². The van der Waals surface area contributed by atoms with Crippen molar-refractivity contribution in [3.63, 3.8) is 0 Å². The Balaban J connectivity index is 1.74. The Labute approximate surface area is 158 Å². The maximum absolute atomic E-state index is 5.94. The van der Waals surface area contributed by atoms with E-state index in [1.807, 2.05) is 42.5 Å². The summed E-state index contributed by atoms with van der Waals surface area (Å²) in [6.07, 6.45) is 1.59. The number of nitrogens with zero attached hydrogens (tertiary/aromatic N) is 2. The van der Waals surface area contributed by atoms with Gasteiger partial charge in [0.25, 0.3) is 0 Å². The van der Waals surface area contributed by atoms with Gasteiger partial charge in [-0.3, -0.25) is 5.10 Å². The molecule has 130 valence electrons. The van der Waals surface area contributed by atoms with Gasteiger partial charge in [-0.05, 0) is 51.4 Å². The second-order valence-electron chi connectivity index (χ2n) is 5.25. The Morgan fingerprint density at radius 1 is 1.24 bits per heavy atom. The summed E-state index contributed by atoms with van der Waals surface area (Å²) in [6, 6.07) is 13.9. The predicted molar refractivity (Wildman–Crippen MR) is 102 cm³/mol. The highest BCUT2D eigenvalue weighted by atomic mass is 79.9. The fourth-order valence-electron chi connectivity index (χ4n) is 2.28. The van der Waals surface area contributed by atoms with Crippen molar-refractivity contribution in [2.24, 2.45) is 0 Å². The Morgan fingerprint density at radius 3 is 2.72 bits per heavy atom. The van der Waals surface area contributed by atoms with Crippen LogP contribution in [0.25, 0.3) is 0 Å². The molecule has 2 aromatic carbocycles. The topological polar surface area (TPSA) is 64.1 Å². The van der Waals surface area contributed by atoms with E-state index in [4.69, 9.17) is 21.7 Å². The van der Waals surface area contributed by atoms with Gasteiger partial charge in [-0.1, -0.05) is 30.3 Å². The number of hydrogen-bond acceptors (Lipinski definition) is 5. The summed E-state index contributed by atoms with van der Waals surface area (Å²) in [5.74, 6) is 1.34. The molecule has 8 heteroatoms. The number of aromatic nitrogens is 3. The van der Waals surface area contributed by atoms with E-state index >= 15 is 0 Å². The second-order valence-corrected chi connectivity index (χ2v) is 6.49. The zero-order valence-electron chi connectivity index (χ0n) is 13.5. The van der Waals surface area contributed by atoms with Gasteiger partial charge in [-0.25, -0.2) is 4.68 Å². The Bertz CT molecular complexity index is 895. The zero-order chi connectivity index (χ0) is 17.6. The van der Waals surface area contributed by atoms with Crippen molar-refractivity contribution in [2.75, 3.05) is 12.5 Å². The third kappa shape index (κ3) is 4.40.